The molecule has 2 amide bonds. The van der Waals surface area contributed by atoms with Crippen molar-refractivity contribution in [3.8, 4) is 11.8 Å². The number of ether oxygens (including phenoxy) is 1. The Hall–Kier alpha value is -3.79. The van der Waals surface area contributed by atoms with Crippen molar-refractivity contribution in [2.75, 3.05) is 23.1 Å². The molecule has 0 aliphatic carbocycles. The molecule has 3 N–H and O–H groups in total. The maximum absolute atomic E-state index is 12.6. The first-order valence-electron chi connectivity index (χ1n) is 8.09. The van der Waals surface area contributed by atoms with E-state index in [9.17, 15) is 14.9 Å². The molecule has 0 unspecified atom stereocenters. The number of nitrogens with zero attached hydrogens (tertiary/aromatic N) is 2. The summed E-state index contributed by atoms with van der Waals surface area (Å²) in [6.07, 6.45) is 1.19. The molecule has 7 heteroatoms. The zero-order valence-corrected chi connectivity index (χ0v) is 15.3. The first-order chi connectivity index (χ1) is 12.8. The SMILES string of the molecule is COc1ccc(C)cc1NC(=O)/C(C#N)=C\N(C(C)=O)c1cccc(N)c1. The number of nitrogen functional groups attached to an aromatic ring is 1. The highest BCUT2D eigenvalue weighted by Gasteiger charge is 2.17. The number of rotatable bonds is 5. The summed E-state index contributed by atoms with van der Waals surface area (Å²) in [5.74, 6) is -0.559. The number of amides is 2. The Balaban J connectivity index is 2.36. The van der Waals surface area contributed by atoms with Gasteiger partial charge in [0.2, 0.25) is 5.91 Å². The third kappa shape index (κ3) is 4.86. The van der Waals surface area contributed by atoms with Crippen LogP contribution in [-0.4, -0.2) is 18.9 Å². The quantitative estimate of drug-likeness (QED) is 0.482. The fourth-order valence-electron chi connectivity index (χ4n) is 2.40. The molecule has 27 heavy (non-hydrogen) atoms. The molecule has 0 aliphatic heterocycles. The molecule has 0 saturated heterocycles. The maximum Gasteiger partial charge on any atom is 0.267 e. The summed E-state index contributed by atoms with van der Waals surface area (Å²) >= 11 is 0. The second-order valence-corrected chi connectivity index (χ2v) is 5.80. The zero-order chi connectivity index (χ0) is 20.0. The monoisotopic (exact) mass is 364 g/mol. The molecule has 0 aliphatic rings. The van der Waals surface area contributed by atoms with Crippen LogP contribution in [0, 0.1) is 18.3 Å². The minimum Gasteiger partial charge on any atom is -0.495 e. The highest BCUT2D eigenvalue weighted by molar-refractivity contribution is 6.08. The number of nitrogens with two attached hydrogens (primary N) is 1. The molecule has 0 spiro atoms. The summed E-state index contributed by atoms with van der Waals surface area (Å²) in [5.41, 5.74) is 7.77. The Bertz CT molecular complexity index is 944. The van der Waals surface area contributed by atoms with E-state index in [4.69, 9.17) is 10.5 Å². The third-order valence-electron chi connectivity index (χ3n) is 3.71. The predicted molar refractivity (Wildman–Crippen MR) is 104 cm³/mol. The molecular weight excluding hydrogens is 344 g/mol. The summed E-state index contributed by atoms with van der Waals surface area (Å²) in [7, 11) is 1.48. The van der Waals surface area contributed by atoms with Crippen molar-refractivity contribution < 1.29 is 14.3 Å². The molecule has 2 rings (SSSR count). The van der Waals surface area contributed by atoms with Gasteiger partial charge in [0.05, 0.1) is 18.5 Å². The van der Waals surface area contributed by atoms with Gasteiger partial charge in [-0.2, -0.15) is 5.26 Å². The number of anilines is 3. The smallest absolute Gasteiger partial charge is 0.267 e. The number of aryl methyl sites for hydroxylation is 1. The van der Waals surface area contributed by atoms with Gasteiger partial charge in [-0.15, -0.1) is 0 Å². The number of hydrogen-bond acceptors (Lipinski definition) is 5. The molecule has 2 aromatic carbocycles. The van der Waals surface area contributed by atoms with Gasteiger partial charge in [-0.25, -0.2) is 0 Å². The van der Waals surface area contributed by atoms with Crippen LogP contribution >= 0.6 is 0 Å². The molecule has 2 aromatic rings. The second-order valence-electron chi connectivity index (χ2n) is 5.80. The Labute approximate surface area is 157 Å². The lowest BCUT2D eigenvalue weighted by Gasteiger charge is -2.18. The van der Waals surface area contributed by atoms with Gasteiger partial charge in [0.25, 0.3) is 5.91 Å². The molecule has 0 fully saturated rings. The molecule has 0 aromatic heterocycles. The van der Waals surface area contributed by atoms with Gasteiger partial charge in [-0.1, -0.05) is 12.1 Å². The lowest BCUT2D eigenvalue weighted by molar-refractivity contribution is -0.116. The van der Waals surface area contributed by atoms with Crippen LogP contribution in [0.2, 0.25) is 0 Å². The van der Waals surface area contributed by atoms with E-state index in [0.717, 1.165) is 5.56 Å². The Morgan fingerprint density at radius 1 is 1.26 bits per heavy atom. The van der Waals surface area contributed by atoms with Crippen LogP contribution in [0.1, 0.15) is 12.5 Å². The molecule has 0 bridgehead atoms. The van der Waals surface area contributed by atoms with Gasteiger partial charge in [0.1, 0.15) is 17.4 Å². The highest BCUT2D eigenvalue weighted by Crippen LogP contribution is 2.26. The largest absolute Gasteiger partial charge is 0.495 e. The van der Waals surface area contributed by atoms with Gasteiger partial charge in [-0.3, -0.25) is 14.5 Å². The van der Waals surface area contributed by atoms with Crippen molar-refractivity contribution in [3.63, 3.8) is 0 Å². The van der Waals surface area contributed by atoms with Crippen LogP contribution in [0.4, 0.5) is 17.1 Å². The summed E-state index contributed by atoms with van der Waals surface area (Å²) < 4.78 is 5.22. The van der Waals surface area contributed by atoms with E-state index in [2.05, 4.69) is 5.32 Å². The first-order valence-corrected chi connectivity index (χ1v) is 8.09. The molecular formula is C20H20N4O3. The number of nitriles is 1. The van der Waals surface area contributed by atoms with E-state index in [1.54, 1.807) is 36.4 Å². The Morgan fingerprint density at radius 3 is 2.59 bits per heavy atom. The topological polar surface area (TPSA) is 108 Å². The van der Waals surface area contributed by atoms with Crippen LogP contribution in [0.15, 0.2) is 54.2 Å². The minimum atomic E-state index is -0.656. The van der Waals surface area contributed by atoms with Crippen LogP contribution < -0.4 is 20.7 Å². The van der Waals surface area contributed by atoms with Gasteiger partial charge in [0.15, 0.2) is 0 Å². The maximum atomic E-state index is 12.6. The second kappa shape index (κ2) is 8.54. The predicted octanol–water partition coefficient (Wildman–Crippen LogP) is 2.98. The molecule has 7 nitrogen and oxygen atoms in total. The molecule has 0 saturated carbocycles. The van der Waals surface area contributed by atoms with Crippen LogP contribution in [0.5, 0.6) is 5.75 Å². The first kappa shape index (κ1) is 19.5. The lowest BCUT2D eigenvalue weighted by atomic mass is 10.2. The number of benzene rings is 2. The van der Waals surface area contributed by atoms with E-state index < -0.39 is 5.91 Å². The van der Waals surface area contributed by atoms with Crippen molar-refractivity contribution in [3.05, 3.63) is 59.8 Å². The van der Waals surface area contributed by atoms with E-state index in [1.807, 2.05) is 19.1 Å². The van der Waals surface area contributed by atoms with Crippen molar-refractivity contribution in [2.45, 2.75) is 13.8 Å². The fraction of sp³-hybridized carbons (Fsp3) is 0.150. The van der Waals surface area contributed by atoms with Crippen molar-refractivity contribution in [1.82, 2.24) is 0 Å². The van der Waals surface area contributed by atoms with Crippen molar-refractivity contribution in [1.29, 1.82) is 5.26 Å². The molecule has 0 atom stereocenters. The molecule has 138 valence electrons. The van der Waals surface area contributed by atoms with Crippen molar-refractivity contribution >= 4 is 28.9 Å². The normalized spacial score (nSPS) is 10.7. The summed E-state index contributed by atoms with van der Waals surface area (Å²) in [6, 6.07) is 13.7. The summed E-state index contributed by atoms with van der Waals surface area (Å²) in [5, 5.41) is 12.1. The van der Waals surface area contributed by atoms with Gasteiger partial charge >= 0.3 is 0 Å². The van der Waals surface area contributed by atoms with E-state index in [1.165, 1.54) is 25.1 Å². The van der Waals surface area contributed by atoms with E-state index >= 15 is 0 Å². The van der Waals surface area contributed by atoms with Crippen LogP contribution in [-0.2, 0) is 9.59 Å². The van der Waals surface area contributed by atoms with Gasteiger partial charge in [0, 0.05) is 18.8 Å². The average molecular weight is 364 g/mol. The average Bonchev–Trinajstić information content (AvgIpc) is 2.62. The summed E-state index contributed by atoms with van der Waals surface area (Å²) in [6.45, 7) is 3.20. The Morgan fingerprint density at radius 2 is 2.00 bits per heavy atom. The van der Waals surface area contributed by atoms with Crippen LogP contribution in [0.3, 0.4) is 0 Å². The molecule has 0 radical (unpaired) electrons. The van der Waals surface area contributed by atoms with Crippen molar-refractivity contribution in [2.24, 2.45) is 0 Å². The number of carbonyl (C=O) groups excluding carboxylic acids is 2. The number of hydrogen-bond donors (Lipinski definition) is 2. The standard InChI is InChI=1S/C20H20N4O3/c1-13-7-8-19(27-3)18(9-13)23-20(26)15(11-21)12-24(14(2)25)17-6-4-5-16(22)10-17/h4-10,12H,22H2,1-3H3,(H,23,26)/b15-12-. The Kier molecular flexibility index (Phi) is 6.18. The number of nitrogens with one attached hydrogen (secondary N) is 1. The summed E-state index contributed by atoms with van der Waals surface area (Å²) in [4.78, 5) is 25.8. The zero-order valence-electron chi connectivity index (χ0n) is 15.3. The lowest BCUT2D eigenvalue weighted by Crippen LogP contribution is -2.25. The minimum absolute atomic E-state index is 0.240. The van der Waals surface area contributed by atoms with E-state index in [0.29, 0.717) is 22.8 Å². The molecule has 0 heterocycles. The van der Waals surface area contributed by atoms with Gasteiger partial charge < -0.3 is 15.8 Å². The number of carbonyl (C=O) groups is 2. The van der Waals surface area contributed by atoms with Gasteiger partial charge in [-0.05, 0) is 42.8 Å². The van der Waals surface area contributed by atoms with E-state index in [-0.39, 0.29) is 11.5 Å². The highest BCUT2D eigenvalue weighted by atomic mass is 16.5. The van der Waals surface area contributed by atoms with Crippen LogP contribution in [0.25, 0.3) is 0 Å². The fourth-order valence-corrected chi connectivity index (χ4v) is 2.40. The third-order valence-corrected chi connectivity index (χ3v) is 3.71. The number of methoxy groups -OCH3 is 1.